The minimum atomic E-state index is 0.260. The zero-order chi connectivity index (χ0) is 13.0. The van der Waals surface area contributed by atoms with Gasteiger partial charge in [0.25, 0.3) is 0 Å². The van der Waals surface area contributed by atoms with Gasteiger partial charge in [0.15, 0.2) is 0 Å². The zero-order valence-electron chi connectivity index (χ0n) is 11.5. The first-order valence-electron chi connectivity index (χ1n) is 7.40. The molecule has 0 radical (unpaired) electrons. The van der Waals surface area contributed by atoms with Crippen molar-refractivity contribution in [3.63, 3.8) is 0 Å². The molecule has 1 aliphatic heterocycles. The summed E-state index contributed by atoms with van der Waals surface area (Å²) in [6.07, 6.45) is 10.0. The predicted molar refractivity (Wildman–Crippen MR) is 74.1 cm³/mol. The van der Waals surface area contributed by atoms with E-state index in [-0.39, 0.29) is 6.04 Å². The van der Waals surface area contributed by atoms with Crippen LogP contribution >= 0.6 is 0 Å². The van der Waals surface area contributed by atoms with Crippen LogP contribution in [0.4, 0.5) is 0 Å². The quantitative estimate of drug-likeness (QED) is 0.782. The molecule has 1 fully saturated rings. The van der Waals surface area contributed by atoms with E-state index in [0.717, 1.165) is 25.8 Å². The zero-order valence-corrected chi connectivity index (χ0v) is 11.5. The number of likely N-dealkylation sites (tertiary alicyclic amines) is 1. The summed E-state index contributed by atoms with van der Waals surface area (Å²) in [6, 6.07) is 0.260. The molecule has 2 N–H and O–H groups in total. The van der Waals surface area contributed by atoms with E-state index < -0.39 is 0 Å². The first-order chi connectivity index (χ1) is 8.72. The van der Waals surface area contributed by atoms with E-state index >= 15 is 0 Å². The van der Waals surface area contributed by atoms with Crippen LogP contribution in [0, 0.1) is 5.92 Å². The standard InChI is InChI=1S/C15H26N2O/c1-12-6-5-9-17(14(12)11-16)15(18)10-13-7-3-2-4-8-13/h7,12,14H,2-6,8-11,16H2,1H3. The first-order valence-corrected chi connectivity index (χ1v) is 7.40. The van der Waals surface area contributed by atoms with Crippen LogP contribution in [0.15, 0.2) is 11.6 Å². The van der Waals surface area contributed by atoms with Crippen molar-refractivity contribution in [1.82, 2.24) is 4.90 Å². The number of hydrogen-bond acceptors (Lipinski definition) is 2. The van der Waals surface area contributed by atoms with Gasteiger partial charge in [-0.3, -0.25) is 4.79 Å². The van der Waals surface area contributed by atoms with E-state index in [2.05, 4.69) is 13.0 Å². The summed E-state index contributed by atoms with van der Waals surface area (Å²) in [7, 11) is 0. The van der Waals surface area contributed by atoms with Gasteiger partial charge in [-0.2, -0.15) is 0 Å². The number of carbonyl (C=O) groups excluding carboxylic acids is 1. The molecule has 1 amide bonds. The van der Waals surface area contributed by atoms with Gasteiger partial charge in [-0.1, -0.05) is 18.6 Å². The van der Waals surface area contributed by atoms with Crippen molar-refractivity contribution < 1.29 is 4.79 Å². The number of rotatable bonds is 3. The van der Waals surface area contributed by atoms with Gasteiger partial charge < -0.3 is 10.6 Å². The molecule has 0 saturated carbocycles. The van der Waals surface area contributed by atoms with Crippen LogP contribution in [0.2, 0.25) is 0 Å². The fraction of sp³-hybridized carbons (Fsp3) is 0.800. The number of carbonyl (C=O) groups is 1. The number of amides is 1. The molecule has 1 heterocycles. The van der Waals surface area contributed by atoms with Crippen LogP contribution in [-0.4, -0.2) is 29.9 Å². The Balaban J connectivity index is 1.96. The van der Waals surface area contributed by atoms with E-state index in [4.69, 9.17) is 5.73 Å². The van der Waals surface area contributed by atoms with Crippen LogP contribution in [-0.2, 0) is 4.79 Å². The second-order valence-electron chi connectivity index (χ2n) is 5.79. The van der Waals surface area contributed by atoms with Crippen molar-refractivity contribution in [1.29, 1.82) is 0 Å². The van der Waals surface area contributed by atoms with Gasteiger partial charge in [-0.15, -0.1) is 0 Å². The summed E-state index contributed by atoms with van der Waals surface area (Å²) in [5, 5.41) is 0. The van der Waals surface area contributed by atoms with E-state index in [1.165, 1.54) is 24.8 Å². The lowest BCUT2D eigenvalue weighted by atomic mass is 9.89. The largest absolute Gasteiger partial charge is 0.338 e. The number of nitrogens with zero attached hydrogens (tertiary/aromatic N) is 1. The van der Waals surface area contributed by atoms with Gasteiger partial charge >= 0.3 is 0 Å². The molecule has 18 heavy (non-hydrogen) atoms. The predicted octanol–water partition coefficient (Wildman–Crippen LogP) is 2.46. The fourth-order valence-electron chi connectivity index (χ4n) is 3.28. The number of piperidine rings is 1. The van der Waals surface area contributed by atoms with E-state index in [1.54, 1.807) is 0 Å². The Kier molecular flexibility index (Phi) is 4.81. The molecule has 1 saturated heterocycles. The summed E-state index contributed by atoms with van der Waals surface area (Å²) in [5.41, 5.74) is 7.19. The highest BCUT2D eigenvalue weighted by molar-refractivity contribution is 5.79. The third-order valence-electron chi connectivity index (χ3n) is 4.44. The molecule has 2 rings (SSSR count). The van der Waals surface area contributed by atoms with E-state index in [9.17, 15) is 4.79 Å². The van der Waals surface area contributed by atoms with E-state index in [1.807, 2.05) is 4.90 Å². The minimum Gasteiger partial charge on any atom is -0.338 e. The third-order valence-corrected chi connectivity index (χ3v) is 4.44. The van der Waals surface area contributed by atoms with Gasteiger partial charge in [0.05, 0.1) is 0 Å². The Morgan fingerprint density at radius 3 is 2.94 bits per heavy atom. The summed E-state index contributed by atoms with van der Waals surface area (Å²) in [6.45, 7) is 3.72. The highest BCUT2D eigenvalue weighted by Crippen LogP contribution is 2.26. The Bertz CT molecular complexity index is 324. The molecule has 102 valence electrons. The molecule has 0 bridgehead atoms. The average molecular weight is 250 g/mol. The van der Waals surface area contributed by atoms with Crippen molar-refractivity contribution in [2.75, 3.05) is 13.1 Å². The summed E-state index contributed by atoms with van der Waals surface area (Å²) in [5.74, 6) is 0.846. The molecule has 2 aliphatic rings. The topological polar surface area (TPSA) is 46.3 Å². The lowest BCUT2D eigenvalue weighted by molar-refractivity contribution is -0.135. The molecular weight excluding hydrogens is 224 g/mol. The van der Waals surface area contributed by atoms with Crippen molar-refractivity contribution >= 4 is 5.91 Å². The normalized spacial score (nSPS) is 29.0. The summed E-state index contributed by atoms with van der Waals surface area (Å²) >= 11 is 0. The van der Waals surface area contributed by atoms with Crippen molar-refractivity contribution in [3.05, 3.63) is 11.6 Å². The Labute approximate surface area is 110 Å². The Morgan fingerprint density at radius 1 is 1.44 bits per heavy atom. The van der Waals surface area contributed by atoms with Crippen LogP contribution in [0.1, 0.15) is 51.9 Å². The van der Waals surface area contributed by atoms with Gasteiger partial charge in [-0.05, 0) is 44.4 Å². The minimum absolute atomic E-state index is 0.260. The van der Waals surface area contributed by atoms with Crippen molar-refractivity contribution in [3.8, 4) is 0 Å². The number of nitrogens with two attached hydrogens (primary N) is 1. The highest BCUT2D eigenvalue weighted by Gasteiger charge is 2.30. The smallest absolute Gasteiger partial charge is 0.226 e. The fourth-order valence-corrected chi connectivity index (χ4v) is 3.28. The monoisotopic (exact) mass is 250 g/mol. The summed E-state index contributed by atoms with van der Waals surface area (Å²) in [4.78, 5) is 14.5. The maximum absolute atomic E-state index is 12.4. The van der Waals surface area contributed by atoms with E-state index in [0.29, 0.717) is 24.8 Å². The van der Waals surface area contributed by atoms with Crippen LogP contribution < -0.4 is 5.73 Å². The average Bonchev–Trinajstić information content (AvgIpc) is 2.39. The molecular formula is C15H26N2O. The third kappa shape index (κ3) is 3.14. The van der Waals surface area contributed by atoms with Crippen LogP contribution in [0.3, 0.4) is 0 Å². The number of hydrogen-bond donors (Lipinski definition) is 1. The second-order valence-corrected chi connectivity index (χ2v) is 5.79. The maximum Gasteiger partial charge on any atom is 0.226 e. The first kappa shape index (κ1) is 13.6. The Morgan fingerprint density at radius 2 is 2.28 bits per heavy atom. The SMILES string of the molecule is CC1CCCN(C(=O)CC2=CCCCC2)C1CN. The molecule has 1 aliphatic carbocycles. The molecule has 0 aromatic rings. The van der Waals surface area contributed by atoms with Gasteiger partial charge in [0, 0.05) is 25.6 Å². The molecule has 0 aromatic heterocycles. The summed E-state index contributed by atoms with van der Waals surface area (Å²) < 4.78 is 0. The lowest BCUT2D eigenvalue weighted by Crippen LogP contribution is -2.51. The van der Waals surface area contributed by atoms with Gasteiger partial charge in [0.1, 0.15) is 0 Å². The second kappa shape index (κ2) is 6.37. The molecule has 2 unspecified atom stereocenters. The Hall–Kier alpha value is -0.830. The maximum atomic E-state index is 12.4. The number of allylic oxidation sites excluding steroid dienone is 1. The van der Waals surface area contributed by atoms with Gasteiger partial charge in [0.2, 0.25) is 5.91 Å². The van der Waals surface area contributed by atoms with Crippen molar-refractivity contribution in [2.45, 2.75) is 57.9 Å². The molecule has 3 nitrogen and oxygen atoms in total. The molecule has 0 spiro atoms. The molecule has 2 atom stereocenters. The van der Waals surface area contributed by atoms with Crippen molar-refractivity contribution in [2.24, 2.45) is 11.7 Å². The van der Waals surface area contributed by atoms with Crippen LogP contribution in [0.5, 0.6) is 0 Å². The molecule has 3 heteroatoms. The lowest BCUT2D eigenvalue weighted by Gasteiger charge is -2.39. The highest BCUT2D eigenvalue weighted by atomic mass is 16.2. The van der Waals surface area contributed by atoms with Gasteiger partial charge in [-0.25, -0.2) is 0 Å². The molecule has 0 aromatic carbocycles. The van der Waals surface area contributed by atoms with Crippen LogP contribution in [0.25, 0.3) is 0 Å².